The van der Waals surface area contributed by atoms with Crippen LogP contribution in [0.2, 0.25) is 0 Å². The summed E-state index contributed by atoms with van der Waals surface area (Å²) < 4.78 is 1.84. The number of nitrogens with two attached hydrogens (primary N) is 1. The smallest absolute Gasteiger partial charge is 0.239 e. The predicted octanol–water partition coefficient (Wildman–Crippen LogP) is 7.06. The highest BCUT2D eigenvalue weighted by Crippen LogP contribution is 2.13. The fourth-order valence-electron chi connectivity index (χ4n) is 1.48. The number of halogens is 7. The van der Waals surface area contributed by atoms with E-state index in [1.54, 1.807) is 24.5 Å². The summed E-state index contributed by atoms with van der Waals surface area (Å²) in [5, 5.41) is 3.96. The Morgan fingerprint density at radius 1 is 0.935 bits per heavy atom. The van der Waals surface area contributed by atoms with Crippen LogP contribution >= 0.6 is 107 Å². The molecule has 2 unspecified atom stereocenters. The summed E-state index contributed by atoms with van der Waals surface area (Å²) in [5.41, 5.74) is 5.29. The summed E-state index contributed by atoms with van der Waals surface area (Å²) in [6.45, 7) is 0. The minimum absolute atomic E-state index is 0.0794. The van der Waals surface area contributed by atoms with Gasteiger partial charge < -0.3 is 11.1 Å². The zero-order valence-corrected chi connectivity index (χ0v) is 26.2. The number of pyridine rings is 2. The largest absolute Gasteiger partial charge is 0.384 e. The van der Waals surface area contributed by atoms with Crippen molar-refractivity contribution < 1.29 is 9.59 Å². The van der Waals surface area contributed by atoms with E-state index in [4.69, 9.17) is 17.3 Å². The van der Waals surface area contributed by atoms with Gasteiger partial charge in [0, 0.05) is 32.0 Å². The molecule has 0 saturated heterocycles. The zero-order chi connectivity index (χ0) is 23.8. The minimum Gasteiger partial charge on any atom is -0.384 e. The molecule has 0 aromatic carbocycles. The molecule has 2 rings (SSSR count). The van der Waals surface area contributed by atoms with Gasteiger partial charge in [0.15, 0.2) is 0 Å². The van der Waals surface area contributed by atoms with Crippen molar-refractivity contribution in [3.8, 4) is 0 Å². The first kappa shape index (κ1) is 31.4. The molecule has 0 aliphatic carbocycles. The summed E-state index contributed by atoms with van der Waals surface area (Å²) >= 11 is 24.4. The second-order valence-electron chi connectivity index (χ2n) is 5.45. The van der Waals surface area contributed by atoms with Crippen LogP contribution in [0.4, 0.5) is 11.6 Å². The lowest BCUT2D eigenvalue weighted by molar-refractivity contribution is -0.115. The summed E-state index contributed by atoms with van der Waals surface area (Å²) in [4.78, 5) is 29.3. The van der Waals surface area contributed by atoms with E-state index < -0.39 is 0 Å². The second-order valence-corrected chi connectivity index (χ2v) is 11.4. The SMILES string of the molecule is Nc1ccc(Br)cn1.O=C(Cl)C(Br)CCBr.O=C(Nc1ccc(Br)cn1)C(Br)CCBr. The molecule has 13 heteroatoms. The van der Waals surface area contributed by atoms with Crippen LogP contribution in [-0.4, -0.2) is 41.4 Å². The fraction of sp³-hybridized carbons (Fsp3) is 0.333. The van der Waals surface area contributed by atoms with Crippen LogP contribution < -0.4 is 11.1 Å². The van der Waals surface area contributed by atoms with Crippen LogP contribution in [0, 0.1) is 0 Å². The third-order valence-corrected chi connectivity index (χ3v) is 7.11. The molecule has 3 N–H and O–H groups in total. The van der Waals surface area contributed by atoms with E-state index in [-0.39, 0.29) is 20.8 Å². The van der Waals surface area contributed by atoms with E-state index in [0.29, 0.717) is 11.6 Å². The zero-order valence-electron chi connectivity index (χ0n) is 15.9. The standard InChI is InChI=1S/C9H9Br3N2O.C5H5BrN2.C4H5Br2ClO/c10-4-3-7(12)9(15)14-8-2-1-6(11)5-13-8;6-4-1-2-5(7)8-3-4;5-2-1-3(6)4(7)8/h1-2,5,7H,3-4H2,(H,13,14,15);1-3H,(H2,7,8);3H,1-2H2. The van der Waals surface area contributed by atoms with Crippen LogP contribution in [0.5, 0.6) is 0 Å². The Morgan fingerprint density at radius 2 is 1.45 bits per heavy atom. The van der Waals surface area contributed by atoms with Crippen molar-refractivity contribution in [2.45, 2.75) is 22.5 Å². The van der Waals surface area contributed by atoms with Gasteiger partial charge in [-0.15, -0.1) is 0 Å². The van der Waals surface area contributed by atoms with Crippen LogP contribution in [0.3, 0.4) is 0 Å². The minimum atomic E-state index is -0.329. The first-order valence-corrected chi connectivity index (χ1v) is 14.5. The maximum absolute atomic E-state index is 11.6. The van der Waals surface area contributed by atoms with Crippen molar-refractivity contribution in [2.24, 2.45) is 0 Å². The van der Waals surface area contributed by atoms with Crippen molar-refractivity contribution in [2.75, 3.05) is 21.7 Å². The Balaban J connectivity index is 0.000000477. The van der Waals surface area contributed by atoms with Gasteiger partial charge in [-0.3, -0.25) is 9.59 Å². The van der Waals surface area contributed by atoms with E-state index in [1.807, 2.05) is 12.1 Å². The number of hydrogen-bond acceptors (Lipinski definition) is 5. The number of nitrogens with one attached hydrogen (secondary N) is 1. The third kappa shape index (κ3) is 16.6. The maximum Gasteiger partial charge on any atom is 0.239 e. The maximum atomic E-state index is 11.6. The topological polar surface area (TPSA) is 98.0 Å². The molecule has 172 valence electrons. The summed E-state index contributed by atoms with van der Waals surface area (Å²) in [7, 11) is 0. The van der Waals surface area contributed by atoms with Crippen molar-refractivity contribution >= 4 is 130 Å². The van der Waals surface area contributed by atoms with Gasteiger partial charge in [-0.05, 0) is 80.6 Å². The van der Waals surface area contributed by atoms with Gasteiger partial charge in [-0.1, -0.05) is 63.7 Å². The molecule has 2 aromatic rings. The quantitative estimate of drug-likeness (QED) is 0.230. The molecule has 0 fully saturated rings. The van der Waals surface area contributed by atoms with Crippen LogP contribution in [0.25, 0.3) is 0 Å². The highest BCUT2D eigenvalue weighted by Gasteiger charge is 2.14. The van der Waals surface area contributed by atoms with E-state index >= 15 is 0 Å². The number of alkyl halides is 4. The molecule has 0 saturated carbocycles. The van der Waals surface area contributed by atoms with Gasteiger partial charge in [-0.25, -0.2) is 9.97 Å². The second kappa shape index (κ2) is 18.8. The Kier molecular flexibility index (Phi) is 19.0. The molecule has 0 aliphatic heterocycles. The Bertz CT molecular complexity index is 763. The first-order valence-electron chi connectivity index (χ1n) is 8.49. The molecule has 1 amide bonds. The molecular weight excluding hydrogens is 819 g/mol. The van der Waals surface area contributed by atoms with Crippen LogP contribution in [0.1, 0.15) is 12.8 Å². The molecule has 0 aliphatic rings. The fourth-order valence-corrected chi connectivity index (χ4v) is 4.77. The lowest BCUT2D eigenvalue weighted by atomic mass is 10.3. The van der Waals surface area contributed by atoms with E-state index in [9.17, 15) is 9.59 Å². The lowest BCUT2D eigenvalue weighted by Gasteiger charge is -2.08. The molecule has 0 radical (unpaired) electrons. The van der Waals surface area contributed by atoms with Gasteiger partial charge >= 0.3 is 0 Å². The molecule has 2 heterocycles. The van der Waals surface area contributed by atoms with Crippen molar-refractivity contribution in [3.05, 3.63) is 45.6 Å². The summed E-state index contributed by atoms with van der Waals surface area (Å²) in [6.07, 6.45) is 4.78. The number of anilines is 2. The van der Waals surface area contributed by atoms with Crippen molar-refractivity contribution in [1.29, 1.82) is 0 Å². The average molecular weight is 838 g/mol. The third-order valence-electron chi connectivity index (χ3n) is 2.98. The molecule has 0 bridgehead atoms. The molecular formula is C18H19Br6ClN4O2. The molecule has 6 nitrogen and oxygen atoms in total. The van der Waals surface area contributed by atoms with Crippen LogP contribution in [-0.2, 0) is 9.59 Å². The number of nitrogens with zero attached hydrogens (tertiary/aromatic N) is 2. The van der Waals surface area contributed by atoms with Gasteiger partial charge in [0.1, 0.15) is 11.6 Å². The summed E-state index contributed by atoms with van der Waals surface area (Å²) in [6, 6.07) is 7.17. The van der Waals surface area contributed by atoms with Crippen molar-refractivity contribution in [3.63, 3.8) is 0 Å². The van der Waals surface area contributed by atoms with E-state index in [2.05, 4.69) is 111 Å². The summed E-state index contributed by atoms with van der Waals surface area (Å²) in [5.74, 6) is 1.03. The number of hydrogen-bond donors (Lipinski definition) is 2. The highest BCUT2D eigenvalue weighted by atomic mass is 79.9. The monoisotopic (exact) mass is 832 g/mol. The predicted molar refractivity (Wildman–Crippen MR) is 150 cm³/mol. The average Bonchev–Trinajstić information content (AvgIpc) is 2.73. The Morgan fingerprint density at radius 3 is 1.81 bits per heavy atom. The first-order chi connectivity index (χ1) is 14.6. The number of carbonyl (C=O) groups is 2. The molecule has 31 heavy (non-hydrogen) atoms. The van der Waals surface area contributed by atoms with Gasteiger partial charge in [-0.2, -0.15) is 0 Å². The van der Waals surface area contributed by atoms with Gasteiger partial charge in [0.2, 0.25) is 11.1 Å². The number of amides is 1. The lowest BCUT2D eigenvalue weighted by Crippen LogP contribution is -2.23. The number of aromatic nitrogens is 2. The Hall–Kier alpha value is 0.410. The highest BCUT2D eigenvalue weighted by molar-refractivity contribution is 9.11. The number of rotatable bonds is 7. The van der Waals surface area contributed by atoms with Gasteiger partial charge in [0.25, 0.3) is 0 Å². The Labute approximate surface area is 237 Å². The van der Waals surface area contributed by atoms with Crippen LogP contribution in [0.15, 0.2) is 45.6 Å². The number of nitrogen functional groups attached to an aromatic ring is 1. The normalized spacial score (nSPS) is 11.7. The number of carbonyl (C=O) groups excluding carboxylic acids is 2. The van der Waals surface area contributed by atoms with E-state index in [0.717, 1.165) is 32.4 Å². The molecule has 2 atom stereocenters. The van der Waals surface area contributed by atoms with Crippen molar-refractivity contribution in [1.82, 2.24) is 9.97 Å². The molecule has 0 spiro atoms. The van der Waals surface area contributed by atoms with Gasteiger partial charge in [0.05, 0.1) is 9.65 Å². The molecule has 2 aromatic heterocycles. The van der Waals surface area contributed by atoms with E-state index in [1.165, 1.54) is 0 Å².